The van der Waals surface area contributed by atoms with Gasteiger partial charge in [0.15, 0.2) is 5.75 Å². The second-order valence-electron chi connectivity index (χ2n) is 4.18. The van der Waals surface area contributed by atoms with Crippen LogP contribution in [0.1, 0.15) is 0 Å². The normalized spacial score (nSPS) is 10.3. The van der Waals surface area contributed by atoms with Crippen molar-refractivity contribution in [1.29, 1.82) is 0 Å². The van der Waals surface area contributed by atoms with Gasteiger partial charge in [-0.15, -0.1) is 0 Å². The monoisotopic (exact) mass is 282 g/mol. The Morgan fingerprint density at radius 3 is 2.57 bits per heavy atom. The summed E-state index contributed by atoms with van der Waals surface area (Å²) >= 11 is 0. The first-order valence-corrected chi connectivity index (χ1v) is 6.03. The molecule has 3 aromatic heterocycles. The van der Waals surface area contributed by atoms with Gasteiger partial charge < -0.3 is 14.8 Å². The molecule has 3 aromatic rings. The molecule has 0 atom stereocenters. The smallest absolute Gasteiger partial charge is 0.252 e. The molecule has 0 unspecified atom stereocenters. The summed E-state index contributed by atoms with van der Waals surface area (Å²) in [5.41, 5.74) is 0.744. The topological polar surface area (TPSA) is 101 Å². The predicted octanol–water partition coefficient (Wildman–Crippen LogP) is 1.72. The Kier molecular flexibility index (Phi) is 3.30. The molecule has 2 N–H and O–H groups in total. The maximum absolute atomic E-state index is 11.3. The fourth-order valence-corrected chi connectivity index (χ4v) is 1.74. The molecule has 0 radical (unpaired) electrons. The highest BCUT2D eigenvalue weighted by molar-refractivity contribution is 5.59. The van der Waals surface area contributed by atoms with Crippen molar-refractivity contribution in [2.45, 2.75) is 0 Å². The average molecular weight is 282 g/mol. The average Bonchev–Trinajstić information content (AvgIpc) is 2.48. The van der Waals surface area contributed by atoms with Crippen molar-refractivity contribution in [2.75, 3.05) is 0 Å². The van der Waals surface area contributed by atoms with Gasteiger partial charge in [0.25, 0.3) is 5.56 Å². The molecule has 21 heavy (non-hydrogen) atoms. The fraction of sp³-hybridized carbons (Fsp3) is 0. The van der Waals surface area contributed by atoms with E-state index >= 15 is 0 Å². The van der Waals surface area contributed by atoms with Gasteiger partial charge in [0.1, 0.15) is 12.1 Å². The van der Waals surface area contributed by atoms with E-state index in [1.54, 1.807) is 12.1 Å². The third-order valence-electron chi connectivity index (χ3n) is 2.64. The van der Waals surface area contributed by atoms with E-state index in [2.05, 4.69) is 19.9 Å². The molecule has 104 valence electrons. The second-order valence-corrected chi connectivity index (χ2v) is 4.18. The van der Waals surface area contributed by atoms with Crippen LogP contribution in [0.4, 0.5) is 0 Å². The van der Waals surface area contributed by atoms with Crippen LogP contribution in [-0.2, 0) is 0 Å². The van der Waals surface area contributed by atoms with Gasteiger partial charge in [-0.3, -0.25) is 4.79 Å². The van der Waals surface area contributed by atoms with Crippen LogP contribution in [0.2, 0.25) is 0 Å². The summed E-state index contributed by atoms with van der Waals surface area (Å²) in [4.78, 5) is 25.7. The molecule has 0 aromatic carbocycles. The van der Waals surface area contributed by atoms with Crippen molar-refractivity contribution in [3.63, 3.8) is 0 Å². The summed E-state index contributed by atoms with van der Waals surface area (Å²) in [6.45, 7) is 0. The number of ether oxygens (including phenoxy) is 1. The number of aromatic hydroxyl groups is 1. The Balaban J connectivity index is 1.85. The zero-order valence-corrected chi connectivity index (χ0v) is 10.7. The largest absolute Gasteiger partial charge is 0.508 e. The van der Waals surface area contributed by atoms with Crippen molar-refractivity contribution < 1.29 is 9.84 Å². The van der Waals surface area contributed by atoms with E-state index in [-0.39, 0.29) is 11.3 Å². The number of rotatable bonds is 3. The van der Waals surface area contributed by atoms with E-state index < -0.39 is 0 Å². The zero-order chi connectivity index (χ0) is 14.7. The molecule has 0 saturated heterocycles. The van der Waals surface area contributed by atoms with Crippen LogP contribution in [0.25, 0.3) is 11.3 Å². The van der Waals surface area contributed by atoms with Gasteiger partial charge in [-0.05, 0) is 6.07 Å². The summed E-state index contributed by atoms with van der Waals surface area (Å²) in [5, 5.41) is 9.43. The van der Waals surface area contributed by atoms with Gasteiger partial charge in [-0.25, -0.2) is 15.0 Å². The van der Waals surface area contributed by atoms with Crippen LogP contribution in [0, 0.1) is 0 Å². The second kappa shape index (κ2) is 5.41. The molecule has 0 saturated carbocycles. The zero-order valence-electron chi connectivity index (χ0n) is 10.7. The molecule has 7 nitrogen and oxygen atoms in total. The van der Waals surface area contributed by atoms with E-state index in [0.29, 0.717) is 22.9 Å². The van der Waals surface area contributed by atoms with Crippen molar-refractivity contribution in [3.8, 4) is 28.6 Å². The number of nitrogens with zero attached hydrogens (tertiary/aromatic N) is 3. The Hall–Kier alpha value is -3.22. The van der Waals surface area contributed by atoms with Gasteiger partial charge in [0.05, 0.1) is 18.1 Å². The number of nitrogens with one attached hydrogen (secondary N) is 1. The summed E-state index contributed by atoms with van der Waals surface area (Å²) in [7, 11) is 0. The lowest BCUT2D eigenvalue weighted by atomic mass is 10.2. The Labute approximate surface area is 118 Å². The molecule has 0 bridgehead atoms. The van der Waals surface area contributed by atoms with Crippen LogP contribution >= 0.6 is 0 Å². The number of hydrogen-bond acceptors (Lipinski definition) is 6. The van der Waals surface area contributed by atoms with Crippen LogP contribution in [-0.4, -0.2) is 25.0 Å². The first-order chi connectivity index (χ1) is 10.2. The van der Waals surface area contributed by atoms with Crippen LogP contribution in [0.5, 0.6) is 17.4 Å². The van der Waals surface area contributed by atoms with Gasteiger partial charge in [-0.1, -0.05) is 0 Å². The summed E-state index contributed by atoms with van der Waals surface area (Å²) in [5.74, 6) is 0.745. The van der Waals surface area contributed by atoms with Gasteiger partial charge in [-0.2, -0.15) is 0 Å². The van der Waals surface area contributed by atoms with Crippen molar-refractivity contribution >= 4 is 0 Å². The first-order valence-electron chi connectivity index (χ1n) is 6.03. The first kappa shape index (κ1) is 12.8. The quantitative estimate of drug-likeness (QED) is 0.758. The lowest BCUT2D eigenvalue weighted by molar-refractivity contribution is 0.458. The summed E-state index contributed by atoms with van der Waals surface area (Å²) in [6, 6.07) is 5.91. The molecule has 7 heteroatoms. The van der Waals surface area contributed by atoms with Gasteiger partial charge in [0, 0.05) is 30.0 Å². The third kappa shape index (κ3) is 3.03. The molecule has 0 aliphatic heterocycles. The van der Waals surface area contributed by atoms with Crippen LogP contribution in [0.15, 0.2) is 54.0 Å². The van der Waals surface area contributed by atoms with E-state index in [1.165, 1.54) is 31.0 Å². The minimum atomic E-state index is -0.383. The molecular formula is C14H10N4O3. The third-order valence-corrected chi connectivity index (χ3v) is 2.64. The molecule has 0 aliphatic rings. The van der Waals surface area contributed by atoms with Gasteiger partial charge >= 0.3 is 0 Å². The minimum absolute atomic E-state index is 0.101. The Morgan fingerprint density at radius 2 is 1.90 bits per heavy atom. The highest BCUT2D eigenvalue weighted by Crippen LogP contribution is 2.22. The number of aromatic amines is 1. The fourth-order valence-electron chi connectivity index (χ4n) is 1.74. The number of H-pyrrole nitrogens is 1. The van der Waals surface area contributed by atoms with E-state index in [0.717, 1.165) is 6.07 Å². The molecule has 3 rings (SSSR count). The van der Waals surface area contributed by atoms with Crippen molar-refractivity contribution in [1.82, 2.24) is 19.9 Å². The number of hydrogen-bond donors (Lipinski definition) is 2. The van der Waals surface area contributed by atoms with E-state index in [1.807, 2.05) is 0 Å². The Bertz CT molecular complexity index is 800. The number of pyridine rings is 2. The summed E-state index contributed by atoms with van der Waals surface area (Å²) < 4.78 is 5.46. The molecule has 0 amide bonds. The van der Waals surface area contributed by atoms with Gasteiger partial charge in [0.2, 0.25) is 5.88 Å². The minimum Gasteiger partial charge on any atom is -0.508 e. The maximum Gasteiger partial charge on any atom is 0.252 e. The molecule has 3 heterocycles. The summed E-state index contributed by atoms with van der Waals surface area (Å²) in [6.07, 6.45) is 5.98. The Morgan fingerprint density at radius 1 is 1.10 bits per heavy atom. The van der Waals surface area contributed by atoms with E-state index in [9.17, 15) is 9.90 Å². The lowest BCUT2D eigenvalue weighted by Gasteiger charge is -2.05. The van der Waals surface area contributed by atoms with Crippen LogP contribution in [0.3, 0.4) is 0 Å². The highest BCUT2D eigenvalue weighted by Gasteiger charge is 2.04. The van der Waals surface area contributed by atoms with Crippen molar-refractivity contribution in [2.24, 2.45) is 0 Å². The van der Waals surface area contributed by atoms with E-state index in [4.69, 9.17) is 4.74 Å². The molecule has 0 spiro atoms. The number of aromatic nitrogens is 4. The SMILES string of the molecule is O=c1cc(O)cc(-c2ccc(Oc3cncnc3)nc2)[nH]1. The standard InChI is InChI=1S/C14H10N4O3/c19-10-3-12(18-13(20)4-10)9-1-2-14(17-5-9)21-11-6-15-8-16-7-11/h1-8H,(H2,18,19,20). The van der Waals surface area contributed by atoms with Crippen molar-refractivity contribution in [3.05, 3.63) is 59.5 Å². The predicted molar refractivity (Wildman–Crippen MR) is 74.1 cm³/mol. The molecule has 0 aliphatic carbocycles. The van der Waals surface area contributed by atoms with Crippen LogP contribution < -0.4 is 10.3 Å². The lowest BCUT2D eigenvalue weighted by Crippen LogP contribution is -2.04. The molecular weight excluding hydrogens is 272 g/mol. The maximum atomic E-state index is 11.3. The highest BCUT2D eigenvalue weighted by atomic mass is 16.5. The molecule has 0 fully saturated rings.